The third kappa shape index (κ3) is 5.07. The van der Waals surface area contributed by atoms with E-state index in [0.717, 1.165) is 17.5 Å². The van der Waals surface area contributed by atoms with E-state index in [0.29, 0.717) is 46.2 Å². The van der Waals surface area contributed by atoms with Gasteiger partial charge in [0, 0.05) is 24.4 Å². The number of amides is 1. The SMILES string of the molecule is O=C(c1ccc2c(=O)n(-c3cccc(F)c3)c(SCc3cccc(F)c3)nc2c1)N1CCc2ccccc2C1. The Morgan fingerprint density at radius 3 is 2.44 bits per heavy atom. The Labute approximate surface area is 227 Å². The highest BCUT2D eigenvalue weighted by Gasteiger charge is 2.23. The molecule has 0 bridgehead atoms. The van der Waals surface area contributed by atoms with Gasteiger partial charge < -0.3 is 4.90 Å². The first-order valence-electron chi connectivity index (χ1n) is 12.5. The quantitative estimate of drug-likeness (QED) is 0.199. The van der Waals surface area contributed by atoms with E-state index in [1.165, 1.54) is 52.2 Å². The van der Waals surface area contributed by atoms with Crippen molar-refractivity contribution in [1.82, 2.24) is 14.5 Å². The fourth-order valence-electron chi connectivity index (χ4n) is 4.86. The molecule has 0 radical (unpaired) electrons. The molecule has 5 nitrogen and oxygen atoms in total. The van der Waals surface area contributed by atoms with Crippen molar-refractivity contribution in [1.29, 1.82) is 0 Å². The lowest BCUT2D eigenvalue weighted by Gasteiger charge is -2.29. The summed E-state index contributed by atoms with van der Waals surface area (Å²) in [7, 11) is 0. The number of benzene rings is 4. The molecule has 6 rings (SSSR count). The number of halogens is 2. The molecule has 0 N–H and O–H groups in total. The molecule has 0 atom stereocenters. The van der Waals surface area contributed by atoms with E-state index in [1.54, 1.807) is 41.3 Å². The smallest absolute Gasteiger partial charge is 0.266 e. The number of hydrogen-bond donors (Lipinski definition) is 0. The number of thioether (sulfide) groups is 1. The summed E-state index contributed by atoms with van der Waals surface area (Å²) in [5.74, 6) is -0.622. The molecule has 2 heterocycles. The Hall–Kier alpha value is -4.30. The van der Waals surface area contributed by atoms with E-state index < -0.39 is 5.82 Å². The first kappa shape index (κ1) is 25.0. The van der Waals surface area contributed by atoms with Gasteiger partial charge in [-0.05, 0) is 71.6 Å². The van der Waals surface area contributed by atoms with Crippen molar-refractivity contribution in [2.45, 2.75) is 23.9 Å². The average molecular weight is 540 g/mol. The van der Waals surface area contributed by atoms with E-state index >= 15 is 0 Å². The van der Waals surface area contributed by atoms with Gasteiger partial charge in [0.05, 0.1) is 16.6 Å². The second kappa shape index (κ2) is 10.5. The first-order valence-corrected chi connectivity index (χ1v) is 13.5. The Balaban J connectivity index is 1.39. The minimum Gasteiger partial charge on any atom is -0.334 e. The van der Waals surface area contributed by atoms with Gasteiger partial charge in [0.15, 0.2) is 5.16 Å². The van der Waals surface area contributed by atoms with Gasteiger partial charge in [-0.3, -0.25) is 14.2 Å². The number of rotatable bonds is 5. The van der Waals surface area contributed by atoms with E-state index in [4.69, 9.17) is 4.98 Å². The molecule has 1 amide bonds. The molecule has 4 aromatic carbocycles. The van der Waals surface area contributed by atoms with Gasteiger partial charge in [-0.15, -0.1) is 0 Å². The van der Waals surface area contributed by atoms with Crippen LogP contribution < -0.4 is 5.56 Å². The summed E-state index contributed by atoms with van der Waals surface area (Å²) in [6.45, 7) is 1.13. The maximum Gasteiger partial charge on any atom is 0.266 e. The van der Waals surface area contributed by atoms with Crippen molar-refractivity contribution in [3.8, 4) is 5.69 Å². The third-order valence-corrected chi connectivity index (χ3v) is 7.84. The van der Waals surface area contributed by atoms with Gasteiger partial charge in [0.25, 0.3) is 11.5 Å². The lowest BCUT2D eigenvalue weighted by atomic mass is 9.99. The molecule has 0 aliphatic carbocycles. The Bertz CT molecular complexity index is 1790. The second-order valence-electron chi connectivity index (χ2n) is 9.41. The van der Waals surface area contributed by atoms with E-state index in [-0.39, 0.29) is 17.3 Å². The van der Waals surface area contributed by atoms with Gasteiger partial charge in [-0.2, -0.15) is 0 Å². The largest absolute Gasteiger partial charge is 0.334 e. The molecule has 1 aliphatic heterocycles. The molecular weight excluding hydrogens is 516 g/mol. The van der Waals surface area contributed by atoms with Crippen LogP contribution in [-0.4, -0.2) is 26.9 Å². The zero-order valence-electron chi connectivity index (χ0n) is 20.8. The summed E-state index contributed by atoms with van der Waals surface area (Å²) in [4.78, 5) is 33.6. The van der Waals surface area contributed by atoms with Crippen molar-refractivity contribution in [3.63, 3.8) is 0 Å². The zero-order valence-corrected chi connectivity index (χ0v) is 21.6. The zero-order chi connectivity index (χ0) is 26.9. The van der Waals surface area contributed by atoms with Gasteiger partial charge in [0.1, 0.15) is 11.6 Å². The van der Waals surface area contributed by atoms with Crippen LogP contribution in [0.15, 0.2) is 101 Å². The molecule has 1 aromatic heterocycles. The number of hydrogen-bond acceptors (Lipinski definition) is 4. The molecule has 0 saturated carbocycles. The number of nitrogens with zero attached hydrogens (tertiary/aromatic N) is 3. The van der Waals surface area contributed by atoms with Crippen LogP contribution in [0.5, 0.6) is 0 Å². The summed E-state index contributed by atoms with van der Waals surface area (Å²) >= 11 is 1.24. The average Bonchev–Trinajstić information content (AvgIpc) is 2.95. The van der Waals surface area contributed by atoms with Crippen molar-refractivity contribution < 1.29 is 13.6 Å². The predicted octanol–water partition coefficient (Wildman–Crippen LogP) is 6.15. The van der Waals surface area contributed by atoms with Crippen LogP contribution in [0.1, 0.15) is 27.0 Å². The van der Waals surface area contributed by atoms with E-state index in [2.05, 4.69) is 6.07 Å². The highest BCUT2D eigenvalue weighted by molar-refractivity contribution is 7.98. The summed E-state index contributed by atoms with van der Waals surface area (Å²) in [6.07, 6.45) is 0.785. The fraction of sp³-hybridized carbons (Fsp3) is 0.129. The van der Waals surface area contributed by atoms with Crippen LogP contribution >= 0.6 is 11.8 Å². The lowest BCUT2D eigenvalue weighted by Crippen LogP contribution is -2.36. The van der Waals surface area contributed by atoms with Crippen LogP contribution in [0.3, 0.4) is 0 Å². The minimum atomic E-state index is -0.482. The van der Waals surface area contributed by atoms with Crippen molar-refractivity contribution >= 4 is 28.6 Å². The van der Waals surface area contributed by atoms with Crippen molar-refractivity contribution in [3.05, 3.63) is 135 Å². The summed E-state index contributed by atoms with van der Waals surface area (Å²) < 4.78 is 29.2. The Morgan fingerprint density at radius 2 is 1.64 bits per heavy atom. The minimum absolute atomic E-state index is 0.128. The van der Waals surface area contributed by atoms with Crippen LogP contribution in [0.4, 0.5) is 8.78 Å². The van der Waals surface area contributed by atoms with Crippen molar-refractivity contribution in [2.75, 3.05) is 6.54 Å². The number of carbonyl (C=O) groups is 1. The van der Waals surface area contributed by atoms with Gasteiger partial charge in [-0.1, -0.05) is 54.2 Å². The maximum atomic E-state index is 14.1. The molecule has 0 unspecified atom stereocenters. The number of fused-ring (bicyclic) bond motifs is 2. The van der Waals surface area contributed by atoms with Gasteiger partial charge in [-0.25, -0.2) is 13.8 Å². The highest BCUT2D eigenvalue weighted by Crippen LogP contribution is 2.27. The third-order valence-electron chi connectivity index (χ3n) is 6.83. The monoisotopic (exact) mass is 539 g/mol. The predicted molar refractivity (Wildman–Crippen MR) is 148 cm³/mol. The summed E-state index contributed by atoms with van der Waals surface area (Å²) in [6, 6.07) is 24.9. The van der Waals surface area contributed by atoms with Crippen LogP contribution in [0.2, 0.25) is 0 Å². The highest BCUT2D eigenvalue weighted by atomic mass is 32.2. The molecule has 0 fully saturated rings. The standard InChI is InChI=1S/C31H23F2N3O2S/c32-24-8-3-5-20(15-24)19-39-31-34-28-16-22(29(37)35-14-13-21-6-1-2-7-23(21)18-35)11-12-27(28)30(38)36(31)26-10-4-9-25(33)17-26/h1-12,15-17H,13-14,18-19H2. The van der Waals surface area contributed by atoms with E-state index in [9.17, 15) is 18.4 Å². The van der Waals surface area contributed by atoms with Crippen LogP contribution in [-0.2, 0) is 18.7 Å². The van der Waals surface area contributed by atoms with Crippen molar-refractivity contribution in [2.24, 2.45) is 0 Å². The molecule has 8 heteroatoms. The lowest BCUT2D eigenvalue weighted by molar-refractivity contribution is 0.0735. The van der Waals surface area contributed by atoms with Gasteiger partial charge >= 0.3 is 0 Å². The van der Waals surface area contributed by atoms with Gasteiger partial charge in [0.2, 0.25) is 0 Å². The fourth-order valence-corrected chi connectivity index (χ4v) is 5.82. The second-order valence-corrected chi connectivity index (χ2v) is 10.4. The first-order chi connectivity index (χ1) is 19.0. The molecular formula is C31H23F2N3O2S. The molecule has 194 valence electrons. The summed E-state index contributed by atoms with van der Waals surface area (Å²) in [5, 5.41) is 0.633. The summed E-state index contributed by atoms with van der Waals surface area (Å²) in [5.41, 5.74) is 3.87. The van der Waals surface area contributed by atoms with Crippen LogP contribution in [0, 0.1) is 11.6 Å². The molecule has 0 saturated heterocycles. The topological polar surface area (TPSA) is 55.2 Å². The number of aromatic nitrogens is 2. The molecule has 0 spiro atoms. The Kier molecular flexibility index (Phi) is 6.70. The molecule has 5 aromatic rings. The normalized spacial score (nSPS) is 12.9. The number of carbonyl (C=O) groups excluding carboxylic acids is 1. The Morgan fingerprint density at radius 1 is 0.872 bits per heavy atom. The molecule has 1 aliphatic rings. The maximum absolute atomic E-state index is 14.1. The molecule has 39 heavy (non-hydrogen) atoms. The van der Waals surface area contributed by atoms with Crippen LogP contribution in [0.25, 0.3) is 16.6 Å². The van der Waals surface area contributed by atoms with E-state index in [1.807, 2.05) is 18.2 Å².